The quantitative estimate of drug-likeness (QED) is 0.115. The Morgan fingerprint density at radius 3 is 2.10 bits per heavy atom. The van der Waals surface area contributed by atoms with Crippen molar-refractivity contribution in [2.24, 2.45) is 5.92 Å². The SMILES string of the molecule is CC(C)C[C@H](C(=O)NCc1ccc(Cl)c(Cl)c1)N(CCC(=O)CCc1ccccc1)C(=O)C1CC(NC(=O)OC(C)(C)C)CN1C(=O)OCC1c2ccccc2-c2ccccc21. The van der Waals surface area contributed by atoms with Gasteiger partial charge in [-0.15, -0.1) is 0 Å². The minimum atomic E-state index is -1.14. The fourth-order valence-electron chi connectivity index (χ4n) is 8.22. The summed E-state index contributed by atoms with van der Waals surface area (Å²) in [6.07, 6.45) is -0.352. The maximum Gasteiger partial charge on any atom is 0.410 e. The Morgan fingerprint density at radius 2 is 1.47 bits per heavy atom. The molecule has 0 bridgehead atoms. The van der Waals surface area contributed by atoms with Crippen molar-refractivity contribution in [1.29, 1.82) is 0 Å². The third-order valence-electron chi connectivity index (χ3n) is 11.2. The first-order chi connectivity index (χ1) is 29.6. The molecule has 6 rings (SSSR count). The van der Waals surface area contributed by atoms with Gasteiger partial charge in [-0.05, 0) is 91.5 Å². The standard InChI is InChI=1S/C49H56Cl2N4O7/c1-31(2)25-43(45(57)52-28-33-20-22-41(50)42(51)26-33)54(24-23-35(56)21-19-32-13-7-6-8-14-32)46(58)44-27-34(53-47(59)62-49(3,4)5)29-55(44)48(60)61-30-40-38-17-11-9-15-36(38)37-16-10-12-18-39(37)40/h6-18,20,22,26,31,34,40,43-44H,19,21,23-25,27-30H2,1-5H3,(H,52,57)(H,53,59)/t34?,43-,44?/m1/s1. The van der Waals surface area contributed by atoms with Crippen LogP contribution in [0.15, 0.2) is 97.1 Å². The zero-order chi connectivity index (χ0) is 44.6. The molecule has 2 unspecified atom stereocenters. The number of benzene rings is 4. The van der Waals surface area contributed by atoms with E-state index in [0.717, 1.165) is 27.8 Å². The van der Waals surface area contributed by atoms with Crippen molar-refractivity contribution in [3.63, 3.8) is 0 Å². The summed E-state index contributed by atoms with van der Waals surface area (Å²) in [6, 6.07) is 27.9. The number of nitrogens with zero attached hydrogens (tertiary/aromatic N) is 2. The molecule has 0 aromatic heterocycles. The van der Waals surface area contributed by atoms with Gasteiger partial charge >= 0.3 is 12.2 Å². The third-order valence-corrected chi connectivity index (χ3v) is 11.9. The Kier molecular flexibility index (Phi) is 15.4. The molecule has 62 heavy (non-hydrogen) atoms. The zero-order valence-electron chi connectivity index (χ0n) is 36.0. The second kappa shape index (κ2) is 20.7. The molecule has 4 aromatic carbocycles. The van der Waals surface area contributed by atoms with Crippen LogP contribution >= 0.6 is 23.2 Å². The van der Waals surface area contributed by atoms with E-state index < -0.39 is 47.7 Å². The van der Waals surface area contributed by atoms with E-state index in [4.69, 9.17) is 32.7 Å². The maximum atomic E-state index is 15.2. The third kappa shape index (κ3) is 11.9. The molecule has 0 saturated carbocycles. The fourth-order valence-corrected chi connectivity index (χ4v) is 8.54. The van der Waals surface area contributed by atoms with E-state index in [1.807, 2.05) is 92.7 Å². The molecule has 1 saturated heterocycles. The first-order valence-electron chi connectivity index (χ1n) is 21.3. The monoisotopic (exact) mass is 882 g/mol. The number of carbonyl (C=O) groups excluding carboxylic acids is 5. The number of hydrogen-bond acceptors (Lipinski definition) is 7. The lowest BCUT2D eigenvalue weighted by molar-refractivity contribution is -0.144. The maximum absolute atomic E-state index is 15.2. The van der Waals surface area contributed by atoms with Gasteiger partial charge in [-0.1, -0.05) is 122 Å². The first-order valence-corrected chi connectivity index (χ1v) is 22.0. The second-order valence-corrected chi connectivity index (χ2v) is 18.3. The molecule has 4 amide bonds. The summed E-state index contributed by atoms with van der Waals surface area (Å²) in [5.41, 5.74) is 5.14. The topological polar surface area (TPSA) is 134 Å². The van der Waals surface area contributed by atoms with Crippen LogP contribution in [0.25, 0.3) is 11.1 Å². The molecule has 4 aromatic rings. The van der Waals surface area contributed by atoms with Crippen LogP contribution in [0.1, 0.15) is 88.5 Å². The van der Waals surface area contributed by atoms with E-state index >= 15 is 4.79 Å². The molecule has 0 spiro atoms. The van der Waals surface area contributed by atoms with Gasteiger partial charge in [0.1, 0.15) is 30.1 Å². The number of ether oxygens (including phenoxy) is 2. The van der Waals surface area contributed by atoms with Gasteiger partial charge in [-0.3, -0.25) is 19.3 Å². The molecule has 1 aliphatic carbocycles. The number of alkyl carbamates (subject to hydrolysis) is 1. The van der Waals surface area contributed by atoms with E-state index in [1.54, 1.807) is 39.0 Å². The van der Waals surface area contributed by atoms with Gasteiger partial charge in [0.05, 0.1) is 16.1 Å². The van der Waals surface area contributed by atoms with Gasteiger partial charge in [0.15, 0.2) is 0 Å². The summed E-state index contributed by atoms with van der Waals surface area (Å²) < 4.78 is 11.6. The molecule has 1 aliphatic heterocycles. The average molecular weight is 884 g/mol. The predicted molar refractivity (Wildman–Crippen MR) is 241 cm³/mol. The zero-order valence-corrected chi connectivity index (χ0v) is 37.5. The normalized spacial score (nSPS) is 16.3. The van der Waals surface area contributed by atoms with E-state index in [-0.39, 0.29) is 69.5 Å². The Bertz CT molecular complexity index is 2200. The van der Waals surface area contributed by atoms with Gasteiger partial charge in [-0.25, -0.2) is 9.59 Å². The summed E-state index contributed by atoms with van der Waals surface area (Å²) in [7, 11) is 0. The van der Waals surface area contributed by atoms with Gasteiger partial charge in [0.2, 0.25) is 11.8 Å². The van der Waals surface area contributed by atoms with Crippen LogP contribution in [0.2, 0.25) is 10.0 Å². The summed E-state index contributed by atoms with van der Waals surface area (Å²) in [5.74, 6) is -1.30. The highest BCUT2D eigenvalue weighted by Crippen LogP contribution is 2.44. The van der Waals surface area contributed by atoms with Gasteiger partial charge in [0, 0.05) is 38.4 Å². The number of hydrogen-bond donors (Lipinski definition) is 2. The van der Waals surface area contributed by atoms with E-state index in [1.165, 1.54) is 9.80 Å². The van der Waals surface area contributed by atoms with Crippen molar-refractivity contribution in [1.82, 2.24) is 20.4 Å². The van der Waals surface area contributed by atoms with Crippen LogP contribution in [-0.4, -0.2) is 83.0 Å². The van der Waals surface area contributed by atoms with Crippen molar-refractivity contribution in [3.05, 3.63) is 129 Å². The van der Waals surface area contributed by atoms with Gasteiger partial charge in [-0.2, -0.15) is 0 Å². The second-order valence-electron chi connectivity index (χ2n) is 17.5. The van der Waals surface area contributed by atoms with Crippen LogP contribution in [-0.2, 0) is 36.8 Å². The number of ketones is 1. The number of likely N-dealkylation sites (tertiary alicyclic amines) is 1. The van der Waals surface area contributed by atoms with Crippen LogP contribution in [0.5, 0.6) is 0 Å². The van der Waals surface area contributed by atoms with Crippen molar-refractivity contribution in [3.8, 4) is 11.1 Å². The lowest BCUT2D eigenvalue weighted by Crippen LogP contribution is -2.56. The first kappa shape index (κ1) is 46.1. The van der Waals surface area contributed by atoms with Gasteiger partial charge in [0.25, 0.3) is 0 Å². The molecule has 2 N–H and O–H groups in total. The van der Waals surface area contributed by atoms with Crippen molar-refractivity contribution >= 4 is 53.0 Å². The smallest absolute Gasteiger partial charge is 0.410 e. The van der Waals surface area contributed by atoms with E-state index in [9.17, 15) is 19.2 Å². The molecule has 11 nitrogen and oxygen atoms in total. The Hall–Kier alpha value is -5.39. The summed E-state index contributed by atoms with van der Waals surface area (Å²) in [4.78, 5) is 73.1. The minimum absolute atomic E-state index is 0.00943. The van der Waals surface area contributed by atoms with Gasteiger partial charge < -0.3 is 25.0 Å². The molecule has 0 radical (unpaired) electrons. The summed E-state index contributed by atoms with van der Waals surface area (Å²) >= 11 is 12.4. The van der Waals surface area contributed by atoms with Crippen molar-refractivity contribution < 1.29 is 33.4 Å². The lowest BCUT2D eigenvalue weighted by Gasteiger charge is -2.35. The number of carbonyl (C=O) groups is 5. The average Bonchev–Trinajstić information content (AvgIpc) is 3.80. The lowest BCUT2D eigenvalue weighted by atomic mass is 9.98. The van der Waals surface area contributed by atoms with Crippen molar-refractivity contribution in [2.45, 2.75) is 103 Å². The predicted octanol–water partition coefficient (Wildman–Crippen LogP) is 9.36. The number of fused-ring (bicyclic) bond motifs is 3. The van der Waals surface area contributed by atoms with Crippen LogP contribution in [0.4, 0.5) is 9.59 Å². The fraction of sp³-hybridized carbons (Fsp3) is 0.408. The molecular weight excluding hydrogens is 827 g/mol. The highest BCUT2D eigenvalue weighted by molar-refractivity contribution is 6.42. The molecule has 13 heteroatoms. The molecule has 3 atom stereocenters. The van der Waals surface area contributed by atoms with Crippen LogP contribution in [0, 0.1) is 5.92 Å². The minimum Gasteiger partial charge on any atom is -0.448 e. The van der Waals surface area contributed by atoms with Crippen LogP contribution < -0.4 is 10.6 Å². The molecule has 2 aliphatic rings. The number of aryl methyl sites for hydroxylation is 1. The molecule has 328 valence electrons. The molecule has 1 fully saturated rings. The van der Waals surface area contributed by atoms with E-state index in [2.05, 4.69) is 10.6 Å². The highest BCUT2D eigenvalue weighted by atomic mass is 35.5. The summed E-state index contributed by atoms with van der Waals surface area (Å²) in [6.45, 7) is 9.15. The summed E-state index contributed by atoms with van der Waals surface area (Å²) in [5, 5.41) is 6.54. The number of halogens is 2. The Morgan fingerprint density at radius 1 is 0.823 bits per heavy atom. The Labute approximate surface area is 374 Å². The van der Waals surface area contributed by atoms with E-state index in [0.29, 0.717) is 22.0 Å². The number of rotatable bonds is 16. The molecular formula is C49H56Cl2N4O7. The highest BCUT2D eigenvalue weighted by Gasteiger charge is 2.46. The number of nitrogens with one attached hydrogen (secondary N) is 2. The van der Waals surface area contributed by atoms with Crippen molar-refractivity contribution in [2.75, 3.05) is 19.7 Å². The largest absolute Gasteiger partial charge is 0.448 e. The van der Waals surface area contributed by atoms with Crippen LogP contribution in [0.3, 0.4) is 0 Å². The number of amides is 4. The Balaban J connectivity index is 1.28. The number of Topliss-reactive ketones (excluding diaryl/α,β-unsaturated/α-hetero) is 1. The molecule has 1 heterocycles.